The van der Waals surface area contributed by atoms with Crippen LogP contribution in [0.1, 0.15) is 5.56 Å². The number of para-hydroxylation sites is 2. The Morgan fingerprint density at radius 2 is 0.911 bits per heavy atom. The smallest absolute Gasteiger partial charge is 0.145 e. The van der Waals surface area contributed by atoms with Crippen molar-refractivity contribution in [2.45, 2.75) is 12.1 Å². The zero-order chi connectivity index (χ0) is 37.0. The summed E-state index contributed by atoms with van der Waals surface area (Å²) in [5.41, 5.74) is 11.4. The Balaban J connectivity index is 1.02. The maximum Gasteiger partial charge on any atom is 0.145 e. The molecule has 56 heavy (non-hydrogen) atoms. The molecule has 1 aliphatic heterocycles. The number of nitrogens with zero attached hydrogens (tertiary/aromatic N) is 4. The molecule has 0 saturated carbocycles. The third-order valence-electron chi connectivity index (χ3n) is 11.3. The molecule has 0 spiro atoms. The van der Waals surface area contributed by atoms with Crippen molar-refractivity contribution in [3.8, 4) is 39.3 Å². The largest absolute Gasteiger partial charge is 0.317 e. The molecule has 2 heterocycles. The first-order valence-electron chi connectivity index (χ1n) is 19.3. The fraction of sp³-hybridized carbons (Fsp3) is 0.0385. The topological polar surface area (TPSA) is 33.4 Å². The number of aromatic nitrogens is 2. The van der Waals surface area contributed by atoms with Gasteiger partial charge in [-0.1, -0.05) is 170 Å². The molecule has 11 rings (SSSR count). The van der Waals surface area contributed by atoms with Crippen LogP contribution in [0, 0.1) is 0 Å². The van der Waals surface area contributed by atoms with Crippen LogP contribution < -0.4 is 4.90 Å². The summed E-state index contributed by atoms with van der Waals surface area (Å²) in [6.07, 6.45) is 8.72. The molecule has 0 fully saturated rings. The summed E-state index contributed by atoms with van der Waals surface area (Å²) < 4.78 is 2.27. The Labute approximate surface area is 325 Å². The predicted molar refractivity (Wildman–Crippen MR) is 234 cm³/mol. The SMILES string of the molecule is C1=CC2N=C(c3ccccc3)N(c3ccc(-c4c5ccccc5c(-c5ccc(-n6c(-c7ccccc7)nc7ccccc76)cc5)c5ccccc45)cc3)C2C=C1. The standard InChI is InChI=1S/C52H36N4/c1-3-15-37(16-4-1)51-53-45-23-11-13-25-47(45)55(51)39-31-27-35(28-32-39)49-41-19-7-9-21-43(41)50(44-22-10-8-20-42(44)49)36-29-33-40(34-30-36)56-48-26-14-12-24-46(48)54-52(56)38-17-5-2-6-18-38/h1-34,45,47H. The van der Waals surface area contributed by atoms with Gasteiger partial charge in [0.2, 0.25) is 0 Å². The zero-order valence-electron chi connectivity index (χ0n) is 30.6. The maximum absolute atomic E-state index is 5.19. The van der Waals surface area contributed by atoms with E-state index in [0.717, 1.165) is 45.2 Å². The Kier molecular flexibility index (Phi) is 7.59. The number of hydrogen-bond donors (Lipinski definition) is 0. The number of anilines is 1. The minimum absolute atomic E-state index is 0.0922. The average Bonchev–Trinajstić information content (AvgIpc) is 3.86. The Morgan fingerprint density at radius 3 is 1.52 bits per heavy atom. The molecular formula is C52H36N4. The van der Waals surface area contributed by atoms with Crippen LogP contribution in [0.2, 0.25) is 0 Å². The van der Waals surface area contributed by atoms with E-state index in [0.29, 0.717) is 0 Å². The lowest BCUT2D eigenvalue weighted by atomic mass is 9.86. The Morgan fingerprint density at radius 1 is 0.411 bits per heavy atom. The van der Waals surface area contributed by atoms with Crippen LogP contribution in [0.25, 0.3) is 71.9 Å². The molecule has 1 aromatic heterocycles. The lowest BCUT2D eigenvalue weighted by Gasteiger charge is -2.29. The van der Waals surface area contributed by atoms with E-state index in [4.69, 9.17) is 9.98 Å². The van der Waals surface area contributed by atoms with Gasteiger partial charge in [-0.3, -0.25) is 9.56 Å². The molecule has 1 aliphatic carbocycles. The average molecular weight is 717 g/mol. The summed E-state index contributed by atoms with van der Waals surface area (Å²) in [6.45, 7) is 0. The van der Waals surface area contributed by atoms with Crippen molar-refractivity contribution in [3.05, 3.63) is 212 Å². The number of allylic oxidation sites excluding steroid dienone is 2. The monoisotopic (exact) mass is 716 g/mol. The van der Waals surface area contributed by atoms with Gasteiger partial charge in [-0.25, -0.2) is 4.98 Å². The first-order valence-corrected chi connectivity index (χ1v) is 19.3. The summed E-state index contributed by atoms with van der Waals surface area (Å²) in [5.74, 6) is 1.94. The number of hydrogen-bond acceptors (Lipinski definition) is 3. The molecular weight excluding hydrogens is 681 g/mol. The highest BCUT2D eigenvalue weighted by Gasteiger charge is 2.35. The molecule has 264 valence electrons. The molecule has 0 saturated heterocycles. The second kappa shape index (κ2) is 13.2. The molecule has 4 nitrogen and oxygen atoms in total. The van der Waals surface area contributed by atoms with Crippen LogP contribution in [-0.4, -0.2) is 27.5 Å². The van der Waals surface area contributed by atoms with Gasteiger partial charge in [-0.05, 0) is 80.2 Å². The van der Waals surface area contributed by atoms with E-state index in [1.165, 1.54) is 43.8 Å². The van der Waals surface area contributed by atoms with Crippen molar-refractivity contribution < 1.29 is 0 Å². The number of benzene rings is 8. The third kappa shape index (κ3) is 5.22. The number of rotatable bonds is 6. The van der Waals surface area contributed by atoms with Gasteiger partial charge in [0, 0.05) is 22.5 Å². The van der Waals surface area contributed by atoms with E-state index < -0.39 is 0 Å². The van der Waals surface area contributed by atoms with E-state index in [2.05, 4.69) is 210 Å². The molecule has 0 N–H and O–H groups in total. The second-order valence-electron chi connectivity index (χ2n) is 14.5. The third-order valence-corrected chi connectivity index (χ3v) is 11.3. The van der Waals surface area contributed by atoms with Gasteiger partial charge in [-0.2, -0.15) is 0 Å². The number of amidine groups is 1. The minimum atomic E-state index is 0.0922. The summed E-state index contributed by atoms with van der Waals surface area (Å²) in [5, 5.41) is 4.93. The van der Waals surface area contributed by atoms with Crippen molar-refractivity contribution >= 4 is 44.1 Å². The van der Waals surface area contributed by atoms with Crippen LogP contribution in [-0.2, 0) is 0 Å². The lowest BCUT2D eigenvalue weighted by Crippen LogP contribution is -2.39. The van der Waals surface area contributed by atoms with Crippen molar-refractivity contribution in [1.82, 2.24) is 9.55 Å². The number of imidazole rings is 1. The Bertz CT molecular complexity index is 2950. The molecule has 2 unspecified atom stereocenters. The van der Waals surface area contributed by atoms with Crippen molar-refractivity contribution in [2.24, 2.45) is 4.99 Å². The summed E-state index contributed by atoms with van der Waals surface area (Å²) >= 11 is 0. The zero-order valence-corrected chi connectivity index (χ0v) is 30.6. The highest BCUT2D eigenvalue weighted by Crippen LogP contribution is 2.44. The highest BCUT2D eigenvalue weighted by molar-refractivity contribution is 6.21. The van der Waals surface area contributed by atoms with Crippen LogP contribution in [0.15, 0.2) is 211 Å². The molecule has 2 atom stereocenters. The van der Waals surface area contributed by atoms with Crippen molar-refractivity contribution in [1.29, 1.82) is 0 Å². The van der Waals surface area contributed by atoms with Gasteiger partial charge in [0.25, 0.3) is 0 Å². The molecule has 0 radical (unpaired) electrons. The summed E-state index contributed by atoms with van der Waals surface area (Å²) in [6, 6.07) is 65.4. The predicted octanol–water partition coefficient (Wildman–Crippen LogP) is 12.5. The van der Waals surface area contributed by atoms with Crippen LogP contribution in [0.3, 0.4) is 0 Å². The maximum atomic E-state index is 5.19. The van der Waals surface area contributed by atoms with Crippen LogP contribution in [0.5, 0.6) is 0 Å². The second-order valence-corrected chi connectivity index (χ2v) is 14.5. The molecule has 9 aromatic rings. The molecule has 4 heteroatoms. The quantitative estimate of drug-likeness (QED) is 0.161. The summed E-state index contributed by atoms with van der Waals surface area (Å²) in [7, 11) is 0. The first kappa shape index (κ1) is 32.2. The van der Waals surface area contributed by atoms with Crippen molar-refractivity contribution in [2.75, 3.05) is 4.90 Å². The van der Waals surface area contributed by atoms with Gasteiger partial charge in [0.05, 0.1) is 23.1 Å². The van der Waals surface area contributed by atoms with Gasteiger partial charge in [-0.15, -0.1) is 0 Å². The van der Waals surface area contributed by atoms with Gasteiger partial charge in [0.1, 0.15) is 11.7 Å². The summed E-state index contributed by atoms with van der Waals surface area (Å²) in [4.78, 5) is 12.7. The molecule has 8 aromatic carbocycles. The Hall–Kier alpha value is -7.30. The van der Waals surface area contributed by atoms with Gasteiger partial charge in [0.15, 0.2) is 0 Å². The lowest BCUT2D eigenvalue weighted by molar-refractivity contribution is 0.739. The first-order chi connectivity index (χ1) is 27.8. The van der Waals surface area contributed by atoms with E-state index in [-0.39, 0.29) is 12.1 Å². The van der Waals surface area contributed by atoms with Crippen LogP contribution >= 0.6 is 0 Å². The minimum Gasteiger partial charge on any atom is -0.317 e. The fourth-order valence-electron chi connectivity index (χ4n) is 8.77. The molecule has 0 bridgehead atoms. The van der Waals surface area contributed by atoms with Crippen molar-refractivity contribution in [3.63, 3.8) is 0 Å². The van der Waals surface area contributed by atoms with Crippen LogP contribution in [0.4, 0.5) is 5.69 Å². The normalized spacial score (nSPS) is 16.1. The van der Waals surface area contributed by atoms with Gasteiger partial charge >= 0.3 is 0 Å². The van der Waals surface area contributed by atoms with Gasteiger partial charge < -0.3 is 4.90 Å². The fourth-order valence-corrected chi connectivity index (χ4v) is 8.77. The molecule has 2 aliphatic rings. The van der Waals surface area contributed by atoms with E-state index >= 15 is 0 Å². The highest BCUT2D eigenvalue weighted by atomic mass is 15.3. The number of aliphatic imine (C=N–C) groups is 1. The van der Waals surface area contributed by atoms with E-state index in [9.17, 15) is 0 Å². The number of fused-ring (bicyclic) bond motifs is 4. The van der Waals surface area contributed by atoms with E-state index in [1.807, 2.05) is 6.07 Å². The van der Waals surface area contributed by atoms with E-state index in [1.54, 1.807) is 0 Å². The molecule has 0 amide bonds.